The van der Waals surface area contributed by atoms with Crippen LogP contribution in [0.3, 0.4) is 0 Å². The largest absolute Gasteiger partial charge is 0.230 e. The Bertz CT molecular complexity index is 286. The first kappa shape index (κ1) is 13.4. The van der Waals surface area contributed by atoms with Gasteiger partial charge in [-0.3, -0.25) is 0 Å². The third-order valence-electron chi connectivity index (χ3n) is 1.93. The quantitative estimate of drug-likeness (QED) is 0.676. The molecule has 1 atom stereocenters. The maximum absolute atomic E-state index is 11.7. The van der Waals surface area contributed by atoms with Crippen LogP contribution in [-0.2, 0) is 10.0 Å². The highest BCUT2D eigenvalue weighted by Crippen LogP contribution is 2.09. The minimum atomic E-state index is -3.40. The Kier molecular flexibility index (Phi) is 5.73. The van der Waals surface area contributed by atoms with Crippen molar-refractivity contribution in [3.8, 4) is 6.07 Å². The fourth-order valence-electron chi connectivity index (χ4n) is 1.16. The van der Waals surface area contributed by atoms with Gasteiger partial charge in [0, 0.05) is 13.1 Å². The predicted molar refractivity (Wildman–Crippen MR) is 56.1 cm³/mol. The van der Waals surface area contributed by atoms with Crippen LogP contribution in [0.1, 0.15) is 33.6 Å². The molecule has 82 valence electrons. The zero-order valence-electron chi connectivity index (χ0n) is 9.02. The molecule has 0 fully saturated rings. The average Bonchev–Trinajstić information content (AvgIpc) is 2.16. The summed E-state index contributed by atoms with van der Waals surface area (Å²) in [7, 11) is -3.40. The van der Waals surface area contributed by atoms with Crippen LogP contribution < -0.4 is 0 Å². The van der Waals surface area contributed by atoms with Crippen LogP contribution >= 0.6 is 0 Å². The zero-order chi connectivity index (χ0) is 11.2. The number of nitriles is 1. The van der Waals surface area contributed by atoms with Crippen molar-refractivity contribution in [1.82, 2.24) is 4.31 Å². The van der Waals surface area contributed by atoms with E-state index in [2.05, 4.69) is 0 Å². The second-order valence-electron chi connectivity index (χ2n) is 3.22. The van der Waals surface area contributed by atoms with Crippen LogP contribution in [0.2, 0.25) is 0 Å². The third kappa shape index (κ3) is 3.28. The maximum Gasteiger partial charge on any atom is 0.230 e. The lowest BCUT2D eigenvalue weighted by Crippen LogP contribution is -2.38. The molecular formula is C9H18N2O2S. The van der Waals surface area contributed by atoms with Gasteiger partial charge in [0.1, 0.15) is 0 Å². The molecule has 0 saturated heterocycles. The topological polar surface area (TPSA) is 61.2 Å². The molecule has 0 amide bonds. The summed E-state index contributed by atoms with van der Waals surface area (Å²) >= 11 is 0. The normalized spacial score (nSPS) is 13.9. The lowest BCUT2D eigenvalue weighted by Gasteiger charge is -2.21. The highest BCUT2D eigenvalue weighted by atomic mass is 32.2. The molecule has 0 aromatic heterocycles. The van der Waals surface area contributed by atoms with Crippen molar-refractivity contribution in [1.29, 1.82) is 5.26 Å². The Morgan fingerprint density at radius 2 is 1.71 bits per heavy atom. The summed E-state index contributed by atoms with van der Waals surface area (Å²) < 4.78 is 24.9. The Morgan fingerprint density at radius 3 is 2.00 bits per heavy atom. The van der Waals surface area contributed by atoms with Crippen molar-refractivity contribution in [2.45, 2.75) is 38.9 Å². The number of nitrogens with zero attached hydrogens (tertiary/aromatic N) is 2. The molecule has 1 unspecified atom stereocenters. The van der Waals surface area contributed by atoms with Crippen LogP contribution in [0.25, 0.3) is 0 Å². The van der Waals surface area contributed by atoms with E-state index in [9.17, 15) is 8.42 Å². The van der Waals surface area contributed by atoms with Gasteiger partial charge >= 0.3 is 0 Å². The van der Waals surface area contributed by atoms with Gasteiger partial charge in [0.2, 0.25) is 10.0 Å². The predicted octanol–water partition coefficient (Wildman–Crippen LogP) is 1.35. The molecule has 0 radical (unpaired) electrons. The van der Waals surface area contributed by atoms with Gasteiger partial charge in [0.25, 0.3) is 0 Å². The van der Waals surface area contributed by atoms with E-state index in [4.69, 9.17) is 5.26 Å². The van der Waals surface area contributed by atoms with Crippen LogP contribution in [0.5, 0.6) is 0 Å². The molecule has 0 heterocycles. The smallest absolute Gasteiger partial charge is 0.211 e. The Hall–Kier alpha value is -0.600. The second kappa shape index (κ2) is 5.99. The summed E-state index contributed by atoms with van der Waals surface area (Å²) in [4.78, 5) is 0. The van der Waals surface area contributed by atoms with E-state index in [0.29, 0.717) is 13.1 Å². The molecular weight excluding hydrogens is 200 g/mol. The molecule has 0 bridgehead atoms. The van der Waals surface area contributed by atoms with E-state index in [0.717, 1.165) is 12.8 Å². The van der Waals surface area contributed by atoms with Gasteiger partial charge in [-0.2, -0.15) is 5.26 Å². The highest BCUT2D eigenvalue weighted by Gasteiger charge is 2.27. The molecule has 0 aliphatic carbocycles. The number of rotatable bonds is 6. The average molecular weight is 218 g/mol. The molecule has 0 spiro atoms. The SMILES string of the molecule is CCCN(CCC)S(=O)(=O)C(C)C#N. The van der Waals surface area contributed by atoms with Crippen molar-refractivity contribution in [3.63, 3.8) is 0 Å². The molecule has 0 aliphatic heterocycles. The third-order valence-corrected chi connectivity index (χ3v) is 4.02. The second-order valence-corrected chi connectivity index (χ2v) is 5.47. The lowest BCUT2D eigenvalue weighted by molar-refractivity contribution is 0.407. The van der Waals surface area contributed by atoms with Crippen LogP contribution in [0.15, 0.2) is 0 Å². The van der Waals surface area contributed by atoms with E-state index in [1.807, 2.05) is 13.8 Å². The first-order valence-electron chi connectivity index (χ1n) is 4.89. The minimum absolute atomic E-state index is 0.502. The van der Waals surface area contributed by atoms with E-state index in [1.165, 1.54) is 11.2 Å². The van der Waals surface area contributed by atoms with E-state index < -0.39 is 15.3 Å². The molecule has 4 nitrogen and oxygen atoms in total. The number of hydrogen-bond donors (Lipinski definition) is 0. The minimum Gasteiger partial charge on any atom is -0.211 e. The molecule has 0 N–H and O–H groups in total. The van der Waals surface area contributed by atoms with Gasteiger partial charge in [-0.1, -0.05) is 13.8 Å². The molecule has 0 aliphatic rings. The first-order valence-corrected chi connectivity index (χ1v) is 6.39. The maximum atomic E-state index is 11.7. The van der Waals surface area contributed by atoms with Crippen LogP contribution in [-0.4, -0.2) is 31.1 Å². The van der Waals surface area contributed by atoms with Gasteiger partial charge in [-0.05, 0) is 19.8 Å². The molecule has 0 rings (SSSR count). The Morgan fingerprint density at radius 1 is 1.29 bits per heavy atom. The summed E-state index contributed by atoms with van der Waals surface area (Å²) in [6, 6.07) is 1.77. The lowest BCUT2D eigenvalue weighted by atomic mass is 10.4. The van der Waals surface area contributed by atoms with E-state index in [-0.39, 0.29) is 0 Å². The van der Waals surface area contributed by atoms with Crippen LogP contribution in [0.4, 0.5) is 0 Å². The van der Waals surface area contributed by atoms with Crippen molar-refractivity contribution >= 4 is 10.0 Å². The molecule has 5 heteroatoms. The van der Waals surface area contributed by atoms with Gasteiger partial charge in [-0.25, -0.2) is 12.7 Å². The Balaban J connectivity index is 4.73. The summed E-state index contributed by atoms with van der Waals surface area (Å²) in [6.07, 6.45) is 1.55. The van der Waals surface area contributed by atoms with Crippen molar-refractivity contribution in [2.24, 2.45) is 0 Å². The van der Waals surface area contributed by atoms with Gasteiger partial charge in [-0.15, -0.1) is 0 Å². The summed E-state index contributed by atoms with van der Waals surface area (Å²) in [5.74, 6) is 0. The van der Waals surface area contributed by atoms with Gasteiger partial charge in [0.15, 0.2) is 5.25 Å². The molecule has 0 aromatic carbocycles. The van der Waals surface area contributed by atoms with E-state index in [1.54, 1.807) is 6.07 Å². The van der Waals surface area contributed by atoms with Gasteiger partial charge < -0.3 is 0 Å². The van der Waals surface area contributed by atoms with Crippen LogP contribution in [0, 0.1) is 11.3 Å². The number of hydrogen-bond acceptors (Lipinski definition) is 3. The fourth-order valence-corrected chi connectivity index (χ4v) is 2.61. The summed E-state index contributed by atoms with van der Waals surface area (Å²) in [5.41, 5.74) is 0. The molecule has 14 heavy (non-hydrogen) atoms. The van der Waals surface area contributed by atoms with Crippen molar-refractivity contribution < 1.29 is 8.42 Å². The monoisotopic (exact) mass is 218 g/mol. The summed E-state index contributed by atoms with van der Waals surface area (Å²) in [6.45, 7) is 6.28. The van der Waals surface area contributed by atoms with Gasteiger partial charge in [0.05, 0.1) is 6.07 Å². The molecule has 0 saturated carbocycles. The zero-order valence-corrected chi connectivity index (χ0v) is 9.84. The first-order chi connectivity index (χ1) is 6.50. The highest BCUT2D eigenvalue weighted by molar-refractivity contribution is 7.89. The molecule has 0 aromatic rings. The van der Waals surface area contributed by atoms with Crippen molar-refractivity contribution in [3.05, 3.63) is 0 Å². The summed E-state index contributed by atoms with van der Waals surface area (Å²) in [5, 5.41) is 7.66. The van der Waals surface area contributed by atoms with E-state index >= 15 is 0 Å². The number of sulfonamides is 1. The fraction of sp³-hybridized carbons (Fsp3) is 0.889. The van der Waals surface area contributed by atoms with Crippen molar-refractivity contribution in [2.75, 3.05) is 13.1 Å². The Labute approximate surface area is 86.6 Å². The standard InChI is InChI=1S/C9H18N2O2S/c1-4-6-11(7-5-2)14(12,13)9(3)8-10/h9H,4-7H2,1-3H3.